The highest BCUT2D eigenvalue weighted by molar-refractivity contribution is 5.89. The molecule has 0 amide bonds. The van der Waals surface area contributed by atoms with Crippen molar-refractivity contribution < 1.29 is 19.0 Å². The van der Waals surface area contributed by atoms with Crippen LogP contribution in [0.25, 0.3) is 22.3 Å². The lowest BCUT2D eigenvalue weighted by Crippen LogP contribution is -2.00. The van der Waals surface area contributed by atoms with Crippen LogP contribution in [0.3, 0.4) is 0 Å². The van der Waals surface area contributed by atoms with Gasteiger partial charge >= 0.3 is 5.97 Å². The van der Waals surface area contributed by atoms with E-state index in [-0.39, 0.29) is 5.97 Å². The Bertz CT molecular complexity index is 988. The molecule has 4 rings (SSSR count). The van der Waals surface area contributed by atoms with Gasteiger partial charge in [0.1, 0.15) is 17.2 Å². The Morgan fingerprint density at radius 3 is 1.93 bits per heavy atom. The van der Waals surface area contributed by atoms with Gasteiger partial charge in [0.2, 0.25) is 0 Å². The number of benzene rings is 3. The monoisotopic (exact) mass is 374 g/mol. The molecule has 0 saturated heterocycles. The lowest BCUT2D eigenvalue weighted by molar-refractivity contribution is -0.131. The summed E-state index contributed by atoms with van der Waals surface area (Å²) < 4.78 is 16.6. The lowest BCUT2D eigenvalue weighted by atomic mass is 9.94. The average molecular weight is 374 g/mol. The first kappa shape index (κ1) is 18.1. The van der Waals surface area contributed by atoms with Crippen LogP contribution in [0.4, 0.5) is 0 Å². The smallest absolute Gasteiger partial charge is 0.315 e. The highest BCUT2D eigenvalue weighted by Gasteiger charge is 2.25. The topological polar surface area (TPSA) is 44.8 Å². The molecular weight excluding hydrogens is 352 g/mol. The molecule has 0 N–H and O–H groups in total. The Kier molecular flexibility index (Phi) is 5.02. The first-order valence-electron chi connectivity index (χ1n) is 9.52. The molecule has 0 spiro atoms. The minimum absolute atomic E-state index is 0.217. The molecule has 3 aromatic rings. The third-order valence-electron chi connectivity index (χ3n) is 4.69. The van der Waals surface area contributed by atoms with Gasteiger partial charge in [-0.3, -0.25) is 4.79 Å². The predicted octanol–water partition coefficient (Wildman–Crippen LogP) is 5.28. The SMILES string of the molecule is CCOc1ccc(-c2cc3c(c(-c4ccc(OCC)cc4)c2)OC(=O)C3)cc1. The van der Waals surface area contributed by atoms with Gasteiger partial charge in [-0.05, 0) is 66.9 Å². The van der Waals surface area contributed by atoms with E-state index in [0.717, 1.165) is 39.3 Å². The molecule has 0 saturated carbocycles. The second-order valence-corrected chi connectivity index (χ2v) is 6.58. The molecule has 1 aliphatic heterocycles. The maximum absolute atomic E-state index is 11.9. The number of fused-ring (bicyclic) bond motifs is 1. The van der Waals surface area contributed by atoms with Gasteiger partial charge in [-0.2, -0.15) is 0 Å². The first-order chi connectivity index (χ1) is 13.7. The average Bonchev–Trinajstić information content (AvgIpc) is 3.09. The van der Waals surface area contributed by atoms with Gasteiger partial charge in [0.25, 0.3) is 0 Å². The van der Waals surface area contributed by atoms with Crippen molar-refractivity contribution in [1.82, 2.24) is 0 Å². The van der Waals surface area contributed by atoms with Crippen LogP contribution in [0.5, 0.6) is 17.2 Å². The predicted molar refractivity (Wildman–Crippen MR) is 109 cm³/mol. The van der Waals surface area contributed by atoms with Crippen molar-refractivity contribution in [3.63, 3.8) is 0 Å². The Morgan fingerprint density at radius 2 is 1.36 bits per heavy atom. The van der Waals surface area contributed by atoms with E-state index in [1.165, 1.54) is 0 Å². The standard InChI is InChI=1S/C24H22O4/c1-3-26-20-9-5-16(6-10-20)18-13-19-15-23(25)28-24(19)22(14-18)17-7-11-21(12-8-17)27-4-2/h5-14H,3-4,15H2,1-2H3. The highest BCUT2D eigenvalue weighted by Crippen LogP contribution is 2.41. The van der Waals surface area contributed by atoms with Crippen LogP contribution in [0.15, 0.2) is 60.7 Å². The molecule has 0 bridgehead atoms. The summed E-state index contributed by atoms with van der Waals surface area (Å²) in [6.07, 6.45) is 0.296. The lowest BCUT2D eigenvalue weighted by Gasteiger charge is -2.12. The molecule has 4 nitrogen and oxygen atoms in total. The fourth-order valence-electron chi connectivity index (χ4n) is 3.43. The molecule has 0 unspecified atom stereocenters. The summed E-state index contributed by atoms with van der Waals surface area (Å²) in [6, 6.07) is 20.0. The van der Waals surface area contributed by atoms with Crippen LogP contribution in [0.2, 0.25) is 0 Å². The van der Waals surface area contributed by atoms with Crippen molar-refractivity contribution >= 4 is 5.97 Å². The second-order valence-electron chi connectivity index (χ2n) is 6.58. The Labute approximate surface area is 164 Å². The fourth-order valence-corrected chi connectivity index (χ4v) is 3.43. The molecule has 0 radical (unpaired) electrons. The second kappa shape index (κ2) is 7.77. The first-order valence-corrected chi connectivity index (χ1v) is 9.52. The van der Waals surface area contributed by atoms with Gasteiger partial charge in [-0.1, -0.05) is 24.3 Å². The zero-order valence-corrected chi connectivity index (χ0v) is 16.0. The van der Waals surface area contributed by atoms with E-state index >= 15 is 0 Å². The van der Waals surface area contributed by atoms with E-state index in [2.05, 4.69) is 6.07 Å². The molecule has 0 fully saturated rings. The zero-order chi connectivity index (χ0) is 19.5. The zero-order valence-electron chi connectivity index (χ0n) is 16.0. The summed E-state index contributed by atoms with van der Waals surface area (Å²) in [7, 11) is 0. The van der Waals surface area contributed by atoms with Gasteiger partial charge in [0.15, 0.2) is 0 Å². The molecule has 0 aliphatic carbocycles. The number of hydrogen-bond donors (Lipinski definition) is 0. The number of rotatable bonds is 6. The van der Waals surface area contributed by atoms with Crippen molar-refractivity contribution in [3.05, 3.63) is 66.2 Å². The van der Waals surface area contributed by atoms with E-state index in [9.17, 15) is 4.79 Å². The van der Waals surface area contributed by atoms with Crippen molar-refractivity contribution in [2.45, 2.75) is 20.3 Å². The van der Waals surface area contributed by atoms with Crippen LogP contribution in [0.1, 0.15) is 19.4 Å². The highest BCUT2D eigenvalue weighted by atomic mass is 16.5. The maximum Gasteiger partial charge on any atom is 0.315 e. The Balaban J connectivity index is 1.76. The van der Waals surface area contributed by atoms with Crippen LogP contribution in [0, 0.1) is 0 Å². The van der Waals surface area contributed by atoms with Gasteiger partial charge in [-0.25, -0.2) is 0 Å². The van der Waals surface area contributed by atoms with Gasteiger partial charge in [-0.15, -0.1) is 0 Å². The largest absolute Gasteiger partial charge is 0.494 e. The molecular formula is C24H22O4. The van der Waals surface area contributed by atoms with E-state index in [1.807, 2.05) is 68.4 Å². The van der Waals surface area contributed by atoms with E-state index in [0.29, 0.717) is 25.4 Å². The van der Waals surface area contributed by atoms with Crippen molar-refractivity contribution in [3.8, 4) is 39.5 Å². The number of ether oxygens (including phenoxy) is 3. The number of carbonyl (C=O) groups excluding carboxylic acids is 1. The third kappa shape index (κ3) is 3.58. The molecule has 1 heterocycles. The summed E-state index contributed by atoms with van der Waals surface area (Å²) in [6.45, 7) is 5.19. The van der Waals surface area contributed by atoms with Crippen LogP contribution in [-0.2, 0) is 11.2 Å². The number of carbonyl (C=O) groups is 1. The van der Waals surface area contributed by atoms with E-state index < -0.39 is 0 Å². The third-order valence-corrected chi connectivity index (χ3v) is 4.69. The molecule has 142 valence electrons. The fraction of sp³-hybridized carbons (Fsp3) is 0.208. The molecule has 4 heteroatoms. The van der Waals surface area contributed by atoms with Crippen LogP contribution >= 0.6 is 0 Å². The van der Waals surface area contributed by atoms with Crippen molar-refractivity contribution in [1.29, 1.82) is 0 Å². The van der Waals surface area contributed by atoms with Gasteiger partial charge in [0, 0.05) is 11.1 Å². The molecule has 1 aliphatic rings. The minimum atomic E-state index is -0.217. The molecule has 3 aromatic carbocycles. The minimum Gasteiger partial charge on any atom is -0.494 e. The maximum atomic E-state index is 11.9. The summed E-state index contributed by atoms with van der Waals surface area (Å²) in [4.78, 5) is 11.9. The summed E-state index contributed by atoms with van der Waals surface area (Å²) in [5.41, 5.74) is 4.93. The Hall–Kier alpha value is -3.27. The van der Waals surface area contributed by atoms with E-state index in [1.54, 1.807) is 0 Å². The molecule has 28 heavy (non-hydrogen) atoms. The van der Waals surface area contributed by atoms with Crippen LogP contribution < -0.4 is 14.2 Å². The van der Waals surface area contributed by atoms with Gasteiger partial charge in [0.05, 0.1) is 19.6 Å². The number of esters is 1. The molecule has 0 atom stereocenters. The summed E-state index contributed by atoms with van der Waals surface area (Å²) >= 11 is 0. The Morgan fingerprint density at radius 1 is 0.786 bits per heavy atom. The molecule has 0 aromatic heterocycles. The quantitative estimate of drug-likeness (QED) is 0.435. The summed E-state index contributed by atoms with van der Waals surface area (Å²) in [5, 5.41) is 0. The normalized spacial score (nSPS) is 12.4. The van der Waals surface area contributed by atoms with Crippen LogP contribution in [-0.4, -0.2) is 19.2 Å². The summed E-state index contributed by atoms with van der Waals surface area (Å²) in [5.74, 6) is 2.11. The van der Waals surface area contributed by atoms with E-state index in [4.69, 9.17) is 14.2 Å². The van der Waals surface area contributed by atoms with Crippen molar-refractivity contribution in [2.24, 2.45) is 0 Å². The van der Waals surface area contributed by atoms with Gasteiger partial charge < -0.3 is 14.2 Å². The number of hydrogen-bond acceptors (Lipinski definition) is 4. The van der Waals surface area contributed by atoms with Crippen molar-refractivity contribution in [2.75, 3.05) is 13.2 Å².